The molecule has 1 aliphatic carbocycles. The van der Waals surface area contributed by atoms with Crippen molar-refractivity contribution < 1.29 is 14.3 Å². The zero-order chi connectivity index (χ0) is 14.7. The fourth-order valence-corrected chi connectivity index (χ4v) is 3.21. The van der Waals surface area contributed by atoms with Crippen molar-refractivity contribution in [3.8, 4) is 0 Å². The first kappa shape index (κ1) is 15.8. The van der Waals surface area contributed by atoms with Gasteiger partial charge in [-0.3, -0.25) is 4.79 Å². The van der Waals surface area contributed by atoms with E-state index in [1.807, 2.05) is 6.92 Å². The highest BCUT2D eigenvalue weighted by Crippen LogP contribution is 2.37. The maximum Gasteiger partial charge on any atom is 0.308 e. The number of fused-ring (bicyclic) bond motifs is 1. The average Bonchev–Trinajstić information content (AvgIpc) is 3.22. The summed E-state index contributed by atoms with van der Waals surface area (Å²) in [7, 11) is 0. The summed E-state index contributed by atoms with van der Waals surface area (Å²) in [6.07, 6.45) is 6.72. The van der Waals surface area contributed by atoms with Crippen LogP contribution in [0.4, 0.5) is 0 Å². The topological polar surface area (TPSA) is 38.8 Å². The number of ether oxygens (including phenoxy) is 2. The molecule has 0 amide bonds. The van der Waals surface area contributed by atoms with Crippen molar-refractivity contribution in [1.29, 1.82) is 0 Å². The van der Waals surface area contributed by atoms with E-state index in [4.69, 9.17) is 9.47 Å². The Hall–Kier alpha value is -0.570. The van der Waals surface area contributed by atoms with Gasteiger partial charge in [0.1, 0.15) is 0 Å². The van der Waals surface area contributed by atoms with Crippen molar-refractivity contribution in [2.24, 2.45) is 23.7 Å². The SMILES string of the molecule is CCC(C)C(C)C(C)C(=O)OCC1CCC2OC2CC1. The number of rotatable bonds is 6. The molecule has 1 saturated heterocycles. The van der Waals surface area contributed by atoms with Gasteiger partial charge in [-0.05, 0) is 43.4 Å². The number of carbonyl (C=O) groups excluding carboxylic acids is 1. The Kier molecular flexibility index (Phi) is 5.48. The minimum atomic E-state index is -0.0107. The fraction of sp³-hybridized carbons (Fsp3) is 0.941. The lowest BCUT2D eigenvalue weighted by atomic mass is 9.83. The van der Waals surface area contributed by atoms with E-state index in [0.717, 1.165) is 32.1 Å². The lowest BCUT2D eigenvalue weighted by molar-refractivity contribution is -0.151. The minimum Gasteiger partial charge on any atom is -0.465 e. The van der Waals surface area contributed by atoms with Crippen molar-refractivity contribution in [3.05, 3.63) is 0 Å². The van der Waals surface area contributed by atoms with Gasteiger partial charge >= 0.3 is 5.97 Å². The van der Waals surface area contributed by atoms with E-state index < -0.39 is 0 Å². The van der Waals surface area contributed by atoms with Crippen LogP contribution in [0.1, 0.15) is 59.8 Å². The van der Waals surface area contributed by atoms with Gasteiger partial charge in [0.2, 0.25) is 0 Å². The summed E-state index contributed by atoms with van der Waals surface area (Å²) in [6, 6.07) is 0. The van der Waals surface area contributed by atoms with E-state index in [2.05, 4.69) is 20.8 Å². The first-order valence-corrected chi connectivity index (χ1v) is 8.35. The normalized spacial score (nSPS) is 33.5. The zero-order valence-electron chi connectivity index (χ0n) is 13.4. The molecule has 3 nitrogen and oxygen atoms in total. The second-order valence-corrected chi connectivity index (χ2v) is 6.90. The minimum absolute atomic E-state index is 0.00691. The number of hydrogen-bond donors (Lipinski definition) is 0. The van der Waals surface area contributed by atoms with Gasteiger partial charge in [-0.1, -0.05) is 34.1 Å². The first-order valence-electron chi connectivity index (χ1n) is 8.35. The summed E-state index contributed by atoms with van der Waals surface area (Å²) >= 11 is 0. The third kappa shape index (κ3) is 3.97. The van der Waals surface area contributed by atoms with Gasteiger partial charge in [0.25, 0.3) is 0 Å². The molecule has 0 aromatic carbocycles. The molecule has 0 N–H and O–H groups in total. The molecule has 0 bridgehead atoms. The van der Waals surface area contributed by atoms with E-state index in [0.29, 0.717) is 36.6 Å². The third-order valence-corrected chi connectivity index (χ3v) is 5.57. The van der Waals surface area contributed by atoms with Crippen LogP contribution in [0.3, 0.4) is 0 Å². The summed E-state index contributed by atoms with van der Waals surface area (Å²) in [4.78, 5) is 12.2. The number of carbonyl (C=O) groups is 1. The number of epoxide rings is 1. The monoisotopic (exact) mass is 282 g/mol. The molecule has 2 fully saturated rings. The molecule has 1 saturated carbocycles. The van der Waals surface area contributed by atoms with E-state index in [1.165, 1.54) is 0 Å². The summed E-state index contributed by atoms with van der Waals surface area (Å²) in [5, 5.41) is 0. The maximum absolute atomic E-state index is 12.2. The second kappa shape index (κ2) is 6.93. The molecule has 0 aromatic rings. The molecular weight excluding hydrogens is 252 g/mol. The molecule has 20 heavy (non-hydrogen) atoms. The van der Waals surface area contributed by atoms with E-state index >= 15 is 0 Å². The molecule has 0 spiro atoms. The molecule has 3 heteroatoms. The lowest BCUT2D eigenvalue weighted by Crippen LogP contribution is -2.27. The van der Waals surface area contributed by atoms with Crippen LogP contribution in [0.5, 0.6) is 0 Å². The summed E-state index contributed by atoms with van der Waals surface area (Å²) in [5.74, 6) is 1.50. The van der Waals surface area contributed by atoms with E-state index in [1.54, 1.807) is 0 Å². The Balaban J connectivity index is 1.71. The smallest absolute Gasteiger partial charge is 0.308 e. The Labute approximate surface area is 123 Å². The van der Waals surface area contributed by atoms with Crippen LogP contribution in [0, 0.1) is 23.7 Å². The van der Waals surface area contributed by atoms with E-state index in [-0.39, 0.29) is 11.9 Å². The highest BCUT2D eigenvalue weighted by Gasteiger charge is 2.41. The van der Waals surface area contributed by atoms with Crippen molar-refractivity contribution in [1.82, 2.24) is 0 Å². The first-order chi connectivity index (χ1) is 9.52. The summed E-state index contributed by atoms with van der Waals surface area (Å²) < 4.78 is 11.1. The van der Waals surface area contributed by atoms with Crippen LogP contribution in [0.15, 0.2) is 0 Å². The largest absolute Gasteiger partial charge is 0.465 e. The van der Waals surface area contributed by atoms with Crippen LogP contribution >= 0.6 is 0 Å². The van der Waals surface area contributed by atoms with Gasteiger partial charge in [-0.15, -0.1) is 0 Å². The average molecular weight is 282 g/mol. The van der Waals surface area contributed by atoms with Gasteiger partial charge in [-0.25, -0.2) is 0 Å². The Morgan fingerprint density at radius 2 is 1.75 bits per heavy atom. The fourth-order valence-electron chi connectivity index (χ4n) is 3.21. The molecular formula is C17H30O3. The molecule has 0 radical (unpaired) electrons. The summed E-state index contributed by atoms with van der Waals surface area (Å²) in [6.45, 7) is 9.17. The predicted molar refractivity (Wildman–Crippen MR) is 79.4 cm³/mol. The Morgan fingerprint density at radius 3 is 2.30 bits per heavy atom. The zero-order valence-corrected chi connectivity index (χ0v) is 13.4. The molecule has 2 rings (SSSR count). The van der Waals surface area contributed by atoms with Gasteiger partial charge in [0.15, 0.2) is 0 Å². The standard InChI is InChI=1S/C17H30O3/c1-5-11(2)12(3)13(4)17(18)19-10-14-6-8-15-16(20-15)9-7-14/h11-16H,5-10H2,1-4H3. The molecule has 1 heterocycles. The van der Waals surface area contributed by atoms with Crippen LogP contribution in [0.25, 0.3) is 0 Å². The highest BCUT2D eigenvalue weighted by atomic mass is 16.6. The number of hydrogen-bond acceptors (Lipinski definition) is 3. The molecule has 116 valence electrons. The van der Waals surface area contributed by atoms with Gasteiger partial charge < -0.3 is 9.47 Å². The van der Waals surface area contributed by atoms with Crippen LogP contribution in [0.2, 0.25) is 0 Å². The second-order valence-electron chi connectivity index (χ2n) is 6.90. The Morgan fingerprint density at radius 1 is 1.15 bits per heavy atom. The van der Waals surface area contributed by atoms with Crippen molar-refractivity contribution >= 4 is 5.97 Å². The van der Waals surface area contributed by atoms with E-state index in [9.17, 15) is 4.79 Å². The van der Waals surface area contributed by atoms with Gasteiger partial charge in [-0.2, -0.15) is 0 Å². The molecule has 5 unspecified atom stereocenters. The number of esters is 1. The van der Waals surface area contributed by atoms with Gasteiger partial charge in [0, 0.05) is 0 Å². The highest BCUT2D eigenvalue weighted by molar-refractivity contribution is 5.72. The third-order valence-electron chi connectivity index (χ3n) is 5.57. The molecule has 0 aromatic heterocycles. The maximum atomic E-state index is 12.2. The molecule has 5 atom stereocenters. The molecule has 1 aliphatic heterocycles. The van der Waals surface area contributed by atoms with Crippen LogP contribution < -0.4 is 0 Å². The van der Waals surface area contributed by atoms with Crippen LogP contribution in [-0.2, 0) is 14.3 Å². The summed E-state index contributed by atoms with van der Waals surface area (Å²) in [5.41, 5.74) is 0. The lowest BCUT2D eigenvalue weighted by Gasteiger charge is -2.24. The molecule has 2 aliphatic rings. The van der Waals surface area contributed by atoms with Crippen molar-refractivity contribution in [2.75, 3.05) is 6.61 Å². The van der Waals surface area contributed by atoms with Crippen molar-refractivity contribution in [3.63, 3.8) is 0 Å². The van der Waals surface area contributed by atoms with Crippen LogP contribution in [-0.4, -0.2) is 24.8 Å². The predicted octanol–water partition coefficient (Wildman–Crippen LogP) is 3.81. The quantitative estimate of drug-likeness (QED) is 0.549. The van der Waals surface area contributed by atoms with Gasteiger partial charge in [0.05, 0.1) is 24.7 Å². The Bertz CT molecular complexity index is 316. The van der Waals surface area contributed by atoms with Crippen molar-refractivity contribution in [2.45, 2.75) is 72.0 Å².